The van der Waals surface area contributed by atoms with E-state index in [0.717, 1.165) is 18.5 Å². The highest BCUT2D eigenvalue weighted by Crippen LogP contribution is 2.21. The molecule has 21 heavy (non-hydrogen) atoms. The Morgan fingerprint density at radius 3 is 2.52 bits per heavy atom. The van der Waals surface area contributed by atoms with Crippen molar-refractivity contribution in [3.63, 3.8) is 0 Å². The van der Waals surface area contributed by atoms with E-state index < -0.39 is 30.9 Å². The molecule has 1 rings (SSSR count). The van der Waals surface area contributed by atoms with E-state index in [4.69, 9.17) is 16.3 Å². The van der Waals surface area contributed by atoms with Crippen molar-refractivity contribution in [3.8, 4) is 0 Å². The highest BCUT2D eigenvalue weighted by Gasteiger charge is 2.22. The molecule has 0 amide bonds. The molecule has 0 aliphatic heterocycles. The highest BCUT2D eigenvalue weighted by molar-refractivity contribution is 8.08. The molecule has 0 aliphatic rings. The van der Waals surface area contributed by atoms with E-state index >= 15 is 0 Å². The molecule has 1 heterocycles. The van der Waals surface area contributed by atoms with Gasteiger partial charge in [0.15, 0.2) is 14.9 Å². The van der Waals surface area contributed by atoms with Crippen molar-refractivity contribution in [2.24, 2.45) is 0 Å². The molecular weight excluding hydrogens is 344 g/mol. The van der Waals surface area contributed by atoms with Gasteiger partial charge in [-0.3, -0.25) is 4.72 Å². The zero-order valence-electron chi connectivity index (χ0n) is 11.2. The molecular formula is C10H13ClN2O6S2. The number of aromatic nitrogens is 1. The fraction of sp³-hybridized carbons (Fsp3) is 0.400. The number of pyridine rings is 1. The standard InChI is InChI=1S/C10H13ClN2O6S2/c1-3-19-10(14)7-5-12-9(11)4-8(7)13-21(17,18)6-20(2,15)16/h4-5H,3,6H2,1-2H3,(H,12,13). The molecule has 0 aliphatic carbocycles. The second-order valence-electron chi connectivity index (χ2n) is 4.03. The summed E-state index contributed by atoms with van der Waals surface area (Å²) in [5, 5.41) is -1.19. The normalized spacial score (nSPS) is 12.0. The minimum absolute atomic E-state index is 0.0693. The molecule has 8 nitrogen and oxygen atoms in total. The lowest BCUT2D eigenvalue weighted by atomic mass is 10.2. The summed E-state index contributed by atoms with van der Waals surface area (Å²) in [6, 6.07) is 1.09. The zero-order chi connectivity index (χ0) is 16.3. The molecule has 1 aromatic rings. The van der Waals surface area contributed by atoms with Crippen LogP contribution in [0.3, 0.4) is 0 Å². The van der Waals surface area contributed by atoms with Gasteiger partial charge >= 0.3 is 5.97 Å². The Morgan fingerprint density at radius 2 is 2.00 bits per heavy atom. The molecule has 0 bridgehead atoms. The molecule has 0 atom stereocenters. The van der Waals surface area contributed by atoms with E-state index in [9.17, 15) is 21.6 Å². The third-order valence-corrected chi connectivity index (χ3v) is 5.69. The van der Waals surface area contributed by atoms with Crippen LogP contribution in [0, 0.1) is 0 Å². The fourth-order valence-electron chi connectivity index (χ4n) is 1.36. The molecule has 118 valence electrons. The maximum absolute atomic E-state index is 11.8. The molecule has 1 aromatic heterocycles. The fourth-order valence-corrected chi connectivity index (χ4v) is 4.52. The number of halogens is 1. The largest absolute Gasteiger partial charge is 0.462 e. The van der Waals surface area contributed by atoms with Crippen LogP contribution in [0.4, 0.5) is 5.69 Å². The van der Waals surface area contributed by atoms with E-state index in [1.165, 1.54) is 0 Å². The van der Waals surface area contributed by atoms with Gasteiger partial charge in [0, 0.05) is 18.5 Å². The summed E-state index contributed by atoms with van der Waals surface area (Å²) in [7, 11) is -7.98. The van der Waals surface area contributed by atoms with Gasteiger partial charge in [0.05, 0.1) is 12.3 Å². The third-order valence-electron chi connectivity index (χ3n) is 2.00. The minimum atomic E-state index is -4.21. The van der Waals surface area contributed by atoms with Gasteiger partial charge in [-0.2, -0.15) is 0 Å². The maximum Gasteiger partial charge on any atom is 0.341 e. The first-order valence-electron chi connectivity index (χ1n) is 5.55. The Labute approximate surface area is 127 Å². The van der Waals surface area contributed by atoms with Crippen LogP contribution in [-0.2, 0) is 24.6 Å². The Kier molecular flexibility index (Phi) is 5.54. The van der Waals surface area contributed by atoms with Gasteiger partial charge in [0.1, 0.15) is 10.7 Å². The van der Waals surface area contributed by atoms with Crippen LogP contribution in [0.5, 0.6) is 0 Å². The smallest absolute Gasteiger partial charge is 0.341 e. The van der Waals surface area contributed by atoms with Crippen LogP contribution < -0.4 is 4.72 Å². The van der Waals surface area contributed by atoms with Crippen LogP contribution >= 0.6 is 11.6 Å². The summed E-state index contributed by atoms with van der Waals surface area (Å²) in [4.78, 5) is 15.3. The molecule has 0 unspecified atom stereocenters. The van der Waals surface area contributed by atoms with Crippen LogP contribution in [0.1, 0.15) is 17.3 Å². The zero-order valence-corrected chi connectivity index (χ0v) is 13.5. The lowest BCUT2D eigenvalue weighted by Crippen LogP contribution is -2.23. The quantitative estimate of drug-likeness (QED) is 0.587. The van der Waals surface area contributed by atoms with Crippen LogP contribution in [-0.4, -0.2) is 45.7 Å². The Hall–Kier alpha value is -1.39. The van der Waals surface area contributed by atoms with Crippen molar-refractivity contribution < 1.29 is 26.4 Å². The number of hydrogen-bond donors (Lipinski definition) is 1. The topological polar surface area (TPSA) is 119 Å². The average Bonchev–Trinajstić information content (AvgIpc) is 2.24. The first kappa shape index (κ1) is 17.7. The number of rotatable bonds is 6. The molecule has 0 radical (unpaired) electrons. The summed E-state index contributed by atoms with van der Waals surface area (Å²) in [6.07, 6.45) is 1.82. The predicted octanol–water partition coefficient (Wildman–Crippen LogP) is 0.655. The highest BCUT2D eigenvalue weighted by atomic mass is 35.5. The molecule has 11 heteroatoms. The molecule has 0 fully saturated rings. The molecule has 1 N–H and O–H groups in total. The summed E-state index contributed by atoms with van der Waals surface area (Å²) < 4.78 is 52.4. The number of carbonyl (C=O) groups excluding carboxylic acids is 1. The van der Waals surface area contributed by atoms with E-state index in [1.807, 2.05) is 4.72 Å². The summed E-state index contributed by atoms with van der Waals surface area (Å²) in [6.45, 7) is 1.66. The molecule has 0 aromatic carbocycles. The van der Waals surface area contributed by atoms with Crippen LogP contribution in [0.15, 0.2) is 12.3 Å². The second-order valence-corrected chi connectivity index (χ2v) is 8.65. The lowest BCUT2D eigenvalue weighted by molar-refractivity contribution is 0.0527. The summed E-state index contributed by atoms with van der Waals surface area (Å²) in [5.41, 5.74) is -0.365. The summed E-state index contributed by atoms with van der Waals surface area (Å²) in [5.74, 6) is -0.807. The number of esters is 1. The van der Waals surface area contributed by atoms with Gasteiger partial charge in [-0.25, -0.2) is 26.6 Å². The Balaban J connectivity index is 3.18. The summed E-state index contributed by atoms with van der Waals surface area (Å²) >= 11 is 5.64. The number of nitrogens with zero attached hydrogens (tertiary/aromatic N) is 1. The average molecular weight is 357 g/mol. The van der Waals surface area contributed by atoms with Crippen molar-refractivity contribution in [2.75, 3.05) is 22.7 Å². The van der Waals surface area contributed by atoms with Gasteiger partial charge in [0.2, 0.25) is 10.0 Å². The van der Waals surface area contributed by atoms with Crippen molar-refractivity contribution in [3.05, 3.63) is 23.0 Å². The van der Waals surface area contributed by atoms with Gasteiger partial charge < -0.3 is 4.74 Å². The number of nitrogens with one attached hydrogen (secondary N) is 1. The third kappa shape index (κ3) is 5.86. The van der Waals surface area contributed by atoms with Gasteiger partial charge in [-0.15, -0.1) is 0 Å². The number of hydrogen-bond acceptors (Lipinski definition) is 7. The van der Waals surface area contributed by atoms with Crippen molar-refractivity contribution in [2.45, 2.75) is 6.92 Å². The number of ether oxygens (including phenoxy) is 1. The van der Waals surface area contributed by atoms with Gasteiger partial charge in [-0.1, -0.05) is 11.6 Å². The molecule has 0 spiro atoms. The number of carbonyl (C=O) groups is 1. The number of anilines is 1. The number of sulfonamides is 1. The van der Waals surface area contributed by atoms with Gasteiger partial charge in [0.25, 0.3) is 0 Å². The van der Waals surface area contributed by atoms with Crippen LogP contribution in [0.2, 0.25) is 5.15 Å². The van der Waals surface area contributed by atoms with E-state index in [-0.39, 0.29) is 23.0 Å². The number of sulfone groups is 1. The Bertz CT molecular complexity index is 745. The van der Waals surface area contributed by atoms with Crippen LogP contribution in [0.25, 0.3) is 0 Å². The molecule has 0 saturated heterocycles. The Morgan fingerprint density at radius 1 is 1.38 bits per heavy atom. The minimum Gasteiger partial charge on any atom is -0.462 e. The first-order chi connectivity index (χ1) is 9.54. The van der Waals surface area contributed by atoms with E-state index in [2.05, 4.69) is 4.98 Å². The molecule has 0 saturated carbocycles. The van der Waals surface area contributed by atoms with Crippen molar-refractivity contribution in [1.29, 1.82) is 0 Å². The van der Waals surface area contributed by atoms with Gasteiger partial charge in [-0.05, 0) is 6.92 Å². The maximum atomic E-state index is 11.8. The first-order valence-corrected chi connectivity index (χ1v) is 9.64. The predicted molar refractivity (Wildman–Crippen MR) is 77.5 cm³/mol. The van der Waals surface area contributed by atoms with E-state index in [1.54, 1.807) is 6.92 Å². The lowest BCUT2D eigenvalue weighted by Gasteiger charge is -2.11. The second kappa shape index (κ2) is 6.58. The van der Waals surface area contributed by atoms with E-state index in [0.29, 0.717) is 0 Å². The van der Waals surface area contributed by atoms with Crippen molar-refractivity contribution >= 4 is 43.1 Å². The SMILES string of the molecule is CCOC(=O)c1cnc(Cl)cc1NS(=O)(=O)CS(C)(=O)=O. The monoisotopic (exact) mass is 356 g/mol. The van der Waals surface area contributed by atoms with Crippen molar-refractivity contribution in [1.82, 2.24) is 4.98 Å².